The maximum Gasteiger partial charge on any atom is 0.152 e. The molecule has 3 rings (SSSR count). The van der Waals surface area contributed by atoms with Crippen LogP contribution in [-0.2, 0) is 0 Å². The molecule has 0 spiro atoms. The van der Waals surface area contributed by atoms with Crippen molar-refractivity contribution in [3.63, 3.8) is 0 Å². The van der Waals surface area contributed by atoms with Gasteiger partial charge in [0.05, 0.1) is 6.54 Å². The second-order valence-corrected chi connectivity index (χ2v) is 5.08. The zero-order chi connectivity index (χ0) is 14.7. The fraction of sp³-hybridized carbons (Fsp3) is 0.235. The molecule has 4 heteroatoms. The average molecular weight is 281 g/mol. The summed E-state index contributed by atoms with van der Waals surface area (Å²) in [6, 6.07) is 15.8. The molecular formula is C17H19N3O. The van der Waals surface area contributed by atoms with E-state index in [0.29, 0.717) is 0 Å². The van der Waals surface area contributed by atoms with Gasteiger partial charge in [-0.1, -0.05) is 30.3 Å². The molecule has 4 nitrogen and oxygen atoms in total. The highest BCUT2D eigenvalue weighted by molar-refractivity contribution is 5.88. The van der Waals surface area contributed by atoms with Crippen molar-refractivity contribution in [2.24, 2.45) is 4.99 Å². The van der Waals surface area contributed by atoms with Crippen molar-refractivity contribution in [3.05, 3.63) is 48.5 Å². The highest BCUT2D eigenvalue weighted by Gasteiger charge is 2.17. The number of ether oxygens (including phenoxy) is 1. The summed E-state index contributed by atoms with van der Waals surface area (Å²) >= 11 is 0. The summed E-state index contributed by atoms with van der Waals surface area (Å²) in [5, 5.41) is 3.25. The maximum absolute atomic E-state index is 6.09. The van der Waals surface area contributed by atoms with Crippen molar-refractivity contribution in [2.75, 3.05) is 18.8 Å². The van der Waals surface area contributed by atoms with Crippen molar-refractivity contribution in [1.29, 1.82) is 0 Å². The number of nitrogens with zero attached hydrogens (tertiary/aromatic N) is 1. The predicted octanol–water partition coefficient (Wildman–Crippen LogP) is 2.70. The molecule has 0 saturated heterocycles. The number of nitrogens with two attached hydrogens (primary N) is 1. The van der Waals surface area contributed by atoms with Gasteiger partial charge in [-0.05, 0) is 30.7 Å². The lowest BCUT2D eigenvalue weighted by Crippen LogP contribution is -2.33. The Morgan fingerprint density at radius 2 is 2.05 bits per heavy atom. The van der Waals surface area contributed by atoms with Crippen LogP contribution in [-0.4, -0.2) is 25.0 Å². The van der Waals surface area contributed by atoms with Crippen LogP contribution in [0.15, 0.2) is 53.5 Å². The molecule has 2 aromatic rings. The van der Waals surface area contributed by atoms with E-state index in [1.54, 1.807) is 0 Å². The van der Waals surface area contributed by atoms with Crippen LogP contribution in [0, 0.1) is 0 Å². The molecule has 1 aliphatic heterocycles. The van der Waals surface area contributed by atoms with Crippen LogP contribution in [0.5, 0.6) is 5.75 Å². The normalized spacial score (nSPS) is 15.2. The Morgan fingerprint density at radius 1 is 1.19 bits per heavy atom. The van der Waals surface area contributed by atoms with Crippen molar-refractivity contribution >= 4 is 11.5 Å². The van der Waals surface area contributed by atoms with Gasteiger partial charge in [-0.25, -0.2) is 0 Å². The number of rotatable bonds is 4. The number of nitrogen functional groups attached to an aromatic ring is 1. The molecule has 0 fully saturated rings. The van der Waals surface area contributed by atoms with Crippen LogP contribution in [0.4, 0.5) is 5.69 Å². The average Bonchev–Trinajstić information content (AvgIpc) is 3.02. The number of nitrogens with one attached hydrogen (secondary N) is 1. The minimum atomic E-state index is -0.0882. The van der Waals surface area contributed by atoms with Gasteiger partial charge in [0.25, 0.3) is 0 Å². The lowest BCUT2D eigenvalue weighted by atomic mass is 10.0. The standard InChI is InChI=1S/C17H19N3O/c1-12(17-19-9-10-20-17)21-16-8-3-2-7-15(16)13-5-4-6-14(18)11-13/h2-8,11-12H,9-10,18H2,1H3,(H,19,20)/t12-/m0/s1. The van der Waals surface area contributed by atoms with Crippen molar-refractivity contribution < 1.29 is 4.74 Å². The number of anilines is 1. The predicted molar refractivity (Wildman–Crippen MR) is 86.7 cm³/mol. The Kier molecular flexibility index (Phi) is 3.77. The van der Waals surface area contributed by atoms with Crippen LogP contribution in [0.2, 0.25) is 0 Å². The van der Waals surface area contributed by atoms with Crippen LogP contribution in [0.25, 0.3) is 11.1 Å². The first-order valence-electron chi connectivity index (χ1n) is 7.14. The molecule has 0 bridgehead atoms. The monoisotopic (exact) mass is 281 g/mol. The zero-order valence-corrected chi connectivity index (χ0v) is 12.0. The minimum Gasteiger partial charge on any atom is -0.482 e. The van der Waals surface area contributed by atoms with E-state index in [1.165, 1.54) is 0 Å². The lowest BCUT2D eigenvalue weighted by Gasteiger charge is -2.18. The smallest absolute Gasteiger partial charge is 0.152 e. The van der Waals surface area contributed by atoms with Gasteiger partial charge < -0.3 is 15.8 Å². The molecule has 1 atom stereocenters. The molecule has 1 aliphatic rings. The number of benzene rings is 2. The Labute approximate surface area is 124 Å². The lowest BCUT2D eigenvalue weighted by molar-refractivity contribution is 0.285. The van der Waals surface area contributed by atoms with Crippen LogP contribution < -0.4 is 15.8 Å². The van der Waals surface area contributed by atoms with Gasteiger partial charge in [0.2, 0.25) is 0 Å². The number of hydrogen-bond acceptors (Lipinski definition) is 4. The molecular weight excluding hydrogens is 262 g/mol. The summed E-state index contributed by atoms with van der Waals surface area (Å²) in [5.41, 5.74) is 8.72. The van der Waals surface area contributed by atoms with Crippen molar-refractivity contribution in [1.82, 2.24) is 5.32 Å². The molecule has 0 radical (unpaired) electrons. The Bertz CT molecular complexity index is 667. The second-order valence-electron chi connectivity index (χ2n) is 5.08. The van der Waals surface area contributed by atoms with Crippen LogP contribution in [0.3, 0.4) is 0 Å². The van der Waals surface area contributed by atoms with Gasteiger partial charge in [-0.15, -0.1) is 0 Å². The summed E-state index contributed by atoms with van der Waals surface area (Å²) in [5.74, 6) is 1.75. The largest absolute Gasteiger partial charge is 0.482 e. The van der Waals surface area contributed by atoms with Crippen LogP contribution in [0.1, 0.15) is 6.92 Å². The molecule has 21 heavy (non-hydrogen) atoms. The summed E-state index contributed by atoms with van der Waals surface area (Å²) in [6.45, 7) is 3.72. The van der Waals surface area contributed by atoms with E-state index in [4.69, 9.17) is 10.5 Å². The Morgan fingerprint density at radius 3 is 2.81 bits per heavy atom. The third kappa shape index (κ3) is 2.99. The zero-order valence-electron chi connectivity index (χ0n) is 12.0. The maximum atomic E-state index is 6.09. The molecule has 108 valence electrons. The molecule has 1 heterocycles. The summed E-state index contributed by atoms with van der Waals surface area (Å²) in [4.78, 5) is 4.41. The summed E-state index contributed by atoms with van der Waals surface area (Å²) in [7, 11) is 0. The molecule has 0 unspecified atom stereocenters. The summed E-state index contributed by atoms with van der Waals surface area (Å²) < 4.78 is 6.09. The van der Waals surface area contributed by atoms with Crippen molar-refractivity contribution in [2.45, 2.75) is 13.0 Å². The first kappa shape index (κ1) is 13.5. The van der Waals surface area contributed by atoms with E-state index in [2.05, 4.69) is 10.3 Å². The fourth-order valence-corrected chi connectivity index (χ4v) is 2.45. The molecule has 0 aromatic heterocycles. The minimum absolute atomic E-state index is 0.0882. The van der Waals surface area contributed by atoms with Gasteiger partial charge in [-0.2, -0.15) is 0 Å². The quantitative estimate of drug-likeness (QED) is 0.847. The van der Waals surface area contributed by atoms with Crippen LogP contribution >= 0.6 is 0 Å². The second kappa shape index (κ2) is 5.87. The Hall–Kier alpha value is -2.49. The van der Waals surface area contributed by atoms with E-state index < -0.39 is 0 Å². The van der Waals surface area contributed by atoms with Gasteiger partial charge >= 0.3 is 0 Å². The number of aliphatic imine (C=N–C) groups is 1. The number of hydrogen-bond donors (Lipinski definition) is 2. The molecule has 3 N–H and O–H groups in total. The first-order chi connectivity index (χ1) is 10.2. The molecule has 0 saturated carbocycles. The highest BCUT2D eigenvalue weighted by Crippen LogP contribution is 2.31. The van der Waals surface area contributed by atoms with Gasteiger partial charge in [-0.3, -0.25) is 4.99 Å². The number of amidine groups is 1. The van der Waals surface area contributed by atoms with Gasteiger partial charge in [0.1, 0.15) is 11.6 Å². The molecule has 2 aromatic carbocycles. The molecule has 0 amide bonds. The van der Waals surface area contributed by atoms with E-state index in [1.807, 2.05) is 55.5 Å². The van der Waals surface area contributed by atoms with E-state index in [9.17, 15) is 0 Å². The fourth-order valence-electron chi connectivity index (χ4n) is 2.45. The Balaban J connectivity index is 1.89. The topological polar surface area (TPSA) is 59.6 Å². The first-order valence-corrected chi connectivity index (χ1v) is 7.14. The third-order valence-electron chi connectivity index (χ3n) is 3.47. The van der Waals surface area contributed by atoms with Gasteiger partial charge in [0.15, 0.2) is 6.10 Å². The van der Waals surface area contributed by atoms with Crippen molar-refractivity contribution in [3.8, 4) is 16.9 Å². The summed E-state index contributed by atoms with van der Waals surface area (Å²) in [6.07, 6.45) is -0.0882. The van der Waals surface area contributed by atoms with E-state index >= 15 is 0 Å². The third-order valence-corrected chi connectivity index (χ3v) is 3.47. The highest BCUT2D eigenvalue weighted by atomic mass is 16.5. The SMILES string of the molecule is C[C@H](Oc1ccccc1-c1cccc(N)c1)C1=NCCN1. The van der Waals surface area contributed by atoms with E-state index in [0.717, 1.165) is 41.5 Å². The van der Waals surface area contributed by atoms with E-state index in [-0.39, 0.29) is 6.10 Å². The molecule has 0 aliphatic carbocycles. The number of para-hydroxylation sites is 1. The van der Waals surface area contributed by atoms with Gasteiger partial charge in [0, 0.05) is 17.8 Å².